The summed E-state index contributed by atoms with van der Waals surface area (Å²) in [5.74, 6) is 2.42. The van der Waals surface area contributed by atoms with Crippen LogP contribution < -0.4 is 5.32 Å². The Balaban J connectivity index is 1.59. The average Bonchev–Trinajstić information content (AvgIpc) is 2.74. The normalized spacial score (nSPS) is 33.4. The molecule has 0 aromatic heterocycles. The van der Waals surface area contributed by atoms with Crippen LogP contribution in [0.1, 0.15) is 51.9 Å². The van der Waals surface area contributed by atoms with Crippen molar-refractivity contribution in [1.82, 2.24) is 5.32 Å². The van der Waals surface area contributed by atoms with Gasteiger partial charge in [0.15, 0.2) is 0 Å². The minimum absolute atomic E-state index is 0.796. The third kappa shape index (κ3) is 3.67. The number of hydrogen-bond acceptors (Lipinski definition) is 2. The molecule has 2 atom stereocenters. The standard InChI is InChI=1S/C13H25NS/c1-11-13(7-4-10-15-11)14-9-8-12-5-2-3-6-12/h11-14H,2-10H2,1H3. The molecular formula is C13H25NS. The van der Waals surface area contributed by atoms with Gasteiger partial charge in [0.1, 0.15) is 0 Å². The predicted octanol–water partition coefficient (Wildman–Crippen LogP) is 3.44. The zero-order valence-corrected chi connectivity index (χ0v) is 10.8. The molecule has 1 saturated carbocycles. The molecule has 2 unspecified atom stereocenters. The van der Waals surface area contributed by atoms with Gasteiger partial charge in [-0.1, -0.05) is 32.6 Å². The Labute approximate surface area is 98.8 Å². The van der Waals surface area contributed by atoms with Crippen LogP contribution in [0.3, 0.4) is 0 Å². The Morgan fingerprint density at radius 2 is 1.93 bits per heavy atom. The molecule has 1 aliphatic heterocycles. The van der Waals surface area contributed by atoms with Gasteiger partial charge in [-0.05, 0) is 37.5 Å². The number of rotatable bonds is 4. The molecule has 1 N–H and O–H groups in total. The summed E-state index contributed by atoms with van der Waals surface area (Å²) in [4.78, 5) is 0. The predicted molar refractivity (Wildman–Crippen MR) is 69.5 cm³/mol. The van der Waals surface area contributed by atoms with Gasteiger partial charge >= 0.3 is 0 Å². The van der Waals surface area contributed by atoms with Crippen LogP contribution in [0.5, 0.6) is 0 Å². The zero-order valence-electron chi connectivity index (χ0n) is 10.0. The van der Waals surface area contributed by atoms with Gasteiger partial charge in [-0.3, -0.25) is 0 Å². The molecule has 88 valence electrons. The fraction of sp³-hybridized carbons (Fsp3) is 1.00. The molecule has 1 saturated heterocycles. The zero-order chi connectivity index (χ0) is 10.5. The van der Waals surface area contributed by atoms with Crippen LogP contribution >= 0.6 is 11.8 Å². The quantitative estimate of drug-likeness (QED) is 0.789. The van der Waals surface area contributed by atoms with Gasteiger partial charge in [0.2, 0.25) is 0 Å². The molecule has 0 amide bonds. The van der Waals surface area contributed by atoms with E-state index in [1.165, 1.54) is 57.2 Å². The summed E-state index contributed by atoms with van der Waals surface area (Å²) in [6, 6.07) is 0.796. The van der Waals surface area contributed by atoms with Crippen molar-refractivity contribution in [3.05, 3.63) is 0 Å². The average molecular weight is 227 g/mol. The lowest BCUT2D eigenvalue weighted by Crippen LogP contribution is -2.40. The second kappa shape index (κ2) is 6.15. The lowest BCUT2D eigenvalue weighted by Gasteiger charge is -2.29. The van der Waals surface area contributed by atoms with Gasteiger partial charge in [0, 0.05) is 11.3 Å². The second-order valence-corrected chi connectivity index (χ2v) is 6.70. The van der Waals surface area contributed by atoms with E-state index >= 15 is 0 Å². The van der Waals surface area contributed by atoms with Crippen molar-refractivity contribution in [3.8, 4) is 0 Å². The monoisotopic (exact) mass is 227 g/mol. The summed E-state index contributed by atoms with van der Waals surface area (Å²) in [7, 11) is 0. The van der Waals surface area contributed by atoms with Crippen LogP contribution in [0, 0.1) is 5.92 Å². The summed E-state index contributed by atoms with van der Waals surface area (Å²) >= 11 is 2.15. The molecule has 2 heteroatoms. The number of hydrogen-bond donors (Lipinski definition) is 1. The molecule has 2 aliphatic rings. The summed E-state index contributed by atoms with van der Waals surface area (Å²) in [6.07, 6.45) is 10.2. The minimum Gasteiger partial charge on any atom is -0.313 e. The maximum atomic E-state index is 3.78. The first kappa shape index (κ1) is 11.8. The second-order valence-electron chi connectivity index (χ2n) is 5.22. The van der Waals surface area contributed by atoms with Crippen molar-refractivity contribution in [2.24, 2.45) is 5.92 Å². The maximum absolute atomic E-state index is 3.78. The molecule has 1 nitrogen and oxygen atoms in total. The van der Waals surface area contributed by atoms with Gasteiger partial charge in [-0.25, -0.2) is 0 Å². The van der Waals surface area contributed by atoms with Crippen molar-refractivity contribution < 1.29 is 0 Å². The van der Waals surface area contributed by atoms with E-state index in [0.717, 1.165) is 17.2 Å². The molecule has 1 aliphatic carbocycles. The van der Waals surface area contributed by atoms with Crippen LogP contribution in [0.2, 0.25) is 0 Å². The van der Waals surface area contributed by atoms with Crippen molar-refractivity contribution in [2.45, 2.75) is 63.2 Å². The lowest BCUT2D eigenvalue weighted by atomic mass is 10.0. The van der Waals surface area contributed by atoms with Gasteiger partial charge < -0.3 is 5.32 Å². The first-order chi connectivity index (χ1) is 7.36. The third-order valence-corrected chi connectivity index (χ3v) is 5.42. The molecule has 1 heterocycles. The number of nitrogens with one attached hydrogen (secondary N) is 1. The van der Waals surface area contributed by atoms with Crippen molar-refractivity contribution >= 4 is 11.8 Å². The largest absolute Gasteiger partial charge is 0.313 e. The fourth-order valence-electron chi connectivity index (χ4n) is 2.96. The minimum atomic E-state index is 0.796. The van der Waals surface area contributed by atoms with Crippen LogP contribution in [0.15, 0.2) is 0 Å². The highest BCUT2D eigenvalue weighted by Crippen LogP contribution is 2.28. The van der Waals surface area contributed by atoms with E-state index in [0.29, 0.717) is 0 Å². The van der Waals surface area contributed by atoms with Crippen LogP contribution in [-0.4, -0.2) is 23.6 Å². The molecule has 0 bridgehead atoms. The lowest BCUT2D eigenvalue weighted by molar-refractivity contribution is 0.416. The van der Waals surface area contributed by atoms with Gasteiger partial charge in [-0.2, -0.15) is 11.8 Å². The summed E-state index contributed by atoms with van der Waals surface area (Å²) in [5, 5.41) is 4.61. The Bertz CT molecular complexity index is 177. The Morgan fingerprint density at radius 3 is 2.67 bits per heavy atom. The van der Waals surface area contributed by atoms with Crippen molar-refractivity contribution in [1.29, 1.82) is 0 Å². The van der Waals surface area contributed by atoms with Crippen LogP contribution in [0.25, 0.3) is 0 Å². The maximum Gasteiger partial charge on any atom is 0.0184 e. The first-order valence-electron chi connectivity index (χ1n) is 6.71. The molecule has 2 rings (SSSR count). The SMILES string of the molecule is CC1SCCCC1NCCC1CCCC1. The van der Waals surface area contributed by atoms with Gasteiger partial charge in [0.05, 0.1) is 0 Å². The van der Waals surface area contributed by atoms with E-state index in [1.54, 1.807) is 0 Å². The van der Waals surface area contributed by atoms with E-state index in [-0.39, 0.29) is 0 Å². The summed E-state index contributed by atoms with van der Waals surface area (Å²) < 4.78 is 0. The molecular weight excluding hydrogens is 202 g/mol. The molecule has 0 spiro atoms. The highest BCUT2D eigenvalue weighted by molar-refractivity contribution is 7.99. The van der Waals surface area contributed by atoms with Gasteiger partial charge in [0.25, 0.3) is 0 Å². The molecule has 0 aromatic carbocycles. The van der Waals surface area contributed by atoms with E-state index in [2.05, 4.69) is 24.0 Å². The number of thioether (sulfide) groups is 1. The molecule has 2 fully saturated rings. The van der Waals surface area contributed by atoms with Crippen molar-refractivity contribution in [2.75, 3.05) is 12.3 Å². The van der Waals surface area contributed by atoms with E-state index in [4.69, 9.17) is 0 Å². The Morgan fingerprint density at radius 1 is 1.13 bits per heavy atom. The van der Waals surface area contributed by atoms with Crippen LogP contribution in [-0.2, 0) is 0 Å². The summed E-state index contributed by atoms with van der Waals surface area (Å²) in [5.41, 5.74) is 0. The molecule has 0 radical (unpaired) electrons. The Kier molecular flexibility index (Phi) is 4.83. The highest BCUT2D eigenvalue weighted by atomic mass is 32.2. The fourth-order valence-corrected chi connectivity index (χ4v) is 4.13. The first-order valence-corrected chi connectivity index (χ1v) is 7.76. The molecule has 0 aromatic rings. The van der Waals surface area contributed by atoms with E-state index in [9.17, 15) is 0 Å². The van der Waals surface area contributed by atoms with Crippen LogP contribution in [0.4, 0.5) is 0 Å². The third-order valence-electron chi connectivity index (χ3n) is 4.04. The van der Waals surface area contributed by atoms with Gasteiger partial charge in [-0.15, -0.1) is 0 Å². The molecule has 15 heavy (non-hydrogen) atoms. The Hall–Kier alpha value is 0.310. The van der Waals surface area contributed by atoms with E-state index in [1.807, 2.05) is 0 Å². The van der Waals surface area contributed by atoms with E-state index < -0.39 is 0 Å². The smallest absolute Gasteiger partial charge is 0.0184 e. The highest BCUT2D eigenvalue weighted by Gasteiger charge is 2.21. The van der Waals surface area contributed by atoms with Crippen molar-refractivity contribution in [3.63, 3.8) is 0 Å². The summed E-state index contributed by atoms with van der Waals surface area (Å²) in [6.45, 7) is 3.65. The topological polar surface area (TPSA) is 12.0 Å².